The van der Waals surface area contributed by atoms with Crippen LogP contribution in [0.1, 0.15) is 15.9 Å². The van der Waals surface area contributed by atoms with Crippen molar-refractivity contribution in [3.05, 3.63) is 52.1 Å². The molecule has 0 aliphatic carbocycles. The van der Waals surface area contributed by atoms with Gasteiger partial charge in [-0.3, -0.25) is 4.72 Å². The van der Waals surface area contributed by atoms with E-state index in [0.29, 0.717) is 12.3 Å². The van der Waals surface area contributed by atoms with Gasteiger partial charge in [0.25, 0.3) is 10.0 Å². The van der Waals surface area contributed by atoms with Crippen molar-refractivity contribution in [3.8, 4) is 0 Å². The second-order valence-corrected chi connectivity index (χ2v) is 7.02. The van der Waals surface area contributed by atoms with Crippen LogP contribution in [0.4, 0.5) is 19.0 Å². The van der Waals surface area contributed by atoms with Gasteiger partial charge in [0, 0.05) is 6.20 Å². The first-order valence-corrected chi connectivity index (χ1v) is 8.37. The lowest BCUT2D eigenvalue weighted by atomic mass is 10.2. The number of aromatic nitrogens is 1. The second-order valence-electron chi connectivity index (χ2n) is 4.49. The third-order valence-corrected chi connectivity index (χ3v) is 4.77. The molecule has 0 atom stereocenters. The van der Waals surface area contributed by atoms with Gasteiger partial charge in [0.05, 0.1) is 20.5 Å². The summed E-state index contributed by atoms with van der Waals surface area (Å²) >= 11 is 2.83. The van der Waals surface area contributed by atoms with Crippen molar-refractivity contribution in [1.82, 2.24) is 4.98 Å². The number of carboxylic acid groups (broad SMARTS) is 1. The number of carbonyl (C=O) groups is 1. The van der Waals surface area contributed by atoms with Gasteiger partial charge in [0.1, 0.15) is 0 Å². The van der Waals surface area contributed by atoms with Gasteiger partial charge in [0.15, 0.2) is 5.82 Å². The monoisotopic (exact) mass is 424 g/mol. The van der Waals surface area contributed by atoms with Gasteiger partial charge in [-0.05, 0) is 46.3 Å². The molecule has 0 unspecified atom stereocenters. The largest absolute Gasteiger partial charge is 0.478 e. The third-order valence-electron chi connectivity index (χ3n) is 2.81. The number of rotatable bonds is 4. The number of nitrogens with one attached hydrogen (secondary N) is 1. The van der Waals surface area contributed by atoms with Crippen LogP contribution in [0.5, 0.6) is 0 Å². The molecule has 11 heteroatoms. The minimum absolute atomic E-state index is 0.109. The SMILES string of the molecule is O=C(O)c1ccc(S(=O)(=O)Nc2ncc(C(F)(F)F)cc2Br)cc1. The van der Waals surface area contributed by atoms with E-state index in [0.717, 1.165) is 24.3 Å². The summed E-state index contributed by atoms with van der Waals surface area (Å²) in [7, 11) is -4.14. The summed E-state index contributed by atoms with van der Waals surface area (Å²) in [6.07, 6.45) is -4.12. The van der Waals surface area contributed by atoms with Crippen molar-refractivity contribution < 1.29 is 31.5 Å². The Morgan fingerprint density at radius 3 is 2.25 bits per heavy atom. The van der Waals surface area contributed by atoms with E-state index in [-0.39, 0.29) is 20.7 Å². The average molecular weight is 425 g/mol. The number of aromatic carboxylic acids is 1. The Morgan fingerprint density at radius 1 is 1.21 bits per heavy atom. The molecule has 2 rings (SSSR count). The molecule has 0 saturated carbocycles. The molecule has 0 fully saturated rings. The lowest BCUT2D eigenvalue weighted by Gasteiger charge is -2.11. The standard InChI is InChI=1S/C13H8BrF3N2O4S/c14-10-5-8(13(15,16)17)6-18-11(10)19-24(22,23)9-3-1-7(2-4-9)12(20)21/h1-6H,(H,18,19)(H,20,21). The fraction of sp³-hybridized carbons (Fsp3) is 0.0769. The van der Waals surface area contributed by atoms with Crippen LogP contribution in [0.15, 0.2) is 45.9 Å². The highest BCUT2D eigenvalue weighted by Crippen LogP contribution is 2.33. The zero-order valence-electron chi connectivity index (χ0n) is 11.5. The molecule has 0 bridgehead atoms. The van der Waals surface area contributed by atoms with E-state index in [9.17, 15) is 26.4 Å². The van der Waals surface area contributed by atoms with Gasteiger partial charge in [-0.1, -0.05) is 0 Å². The summed E-state index contributed by atoms with van der Waals surface area (Å²) in [4.78, 5) is 13.9. The van der Waals surface area contributed by atoms with E-state index in [1.807, 2.05) is 4.72 Å². The van der Waals surface area contributed by atoms with Crippen molar-refractivity contribution >= 4 is 37.7 Å². The van der Waals surface area contributed by atoms with Crippen LogP contribution in [0.3, 0.4) is 0 Å². The van der Waals surface area contributed by atoms with Crippen molar-refractivity contribution in [2.75, 3.05) is 4.72 Å². The van der Waals surface area contributed by atoms with E-state index in [2.05, 4.69) is 20.9 Å². The number of hydrogen-bond donors (Lipinski definition) is 2. The first-order chi connectivity index (χ1) is 11.0. The molecule has 1 aromatic carbocycles. The number of carboxylic acids is 1. The van der Waals surface area contributed by atoms with Crippen LogP contribution >= 0.6 is 15.9 Å². The second kappa shape index (κ2) is 6.40. The van der Waals surface area contributed by atoms with E-state index < -0.39 is 27.7 Å². The summed E-state index contributed by atoms with van der Waals surface area (Å²) in [5.74, 6) is -1.55. The Morgan fingerprint density at radius 2 is 1.79 bits per heavy atom. The number of sulfonamides is 1. The quantitative estimate of drug-likeness (QED) is 0.784. The summed E-state index contributed by atoms with van der Waals surface area (Å²) in [6, 6.07) is 4.99. The van der Waals surface area contributed by atoms with Crippen molar-refractivity contribution in [3.63, 3.8) is 0 Å². The zero-order chi connectivity index (χ0) is 18.1. The number of alkyl halides is 3. The van der Waals surface area contributed by atoms with Gasteiger partial charge in [-0.2, -0.15) is 13.2 Å². The van der Waals surface area contributed by atoms with Gasteiger partial charge >= 0.3 is 12.1 Å². The summed E-state index contributed by atoms with van der Waals surface area (Å²) in [5, 5.41) is 8.77. The summed E-state index contributed by atoms with van der Waals surface area (Å²) in [5.41, 5.74) is -1.15. The Balaban J connectivity index is 2.31. The topological polar surface area (TPSA) is 96.4 Å². The number of benzene rings is 1. The minimum Gasteiger partial charge on any atom is -0.478 e. The number of halogens is 4. The molecule has 6 nitrogen and oxygen atoms in total. The van der Waals surface area contributed by atoms with Crippen molar-refractivity contribution in [1.29, 1.82) is 0 Å². The first-order valence-electron chi connectivity index (χ1n) is 6.09. The van der Waals surface area contributed by atoms with E-state index in [1.54, 1.807) is 0 Å². The van der Waals surface area contributed by atoms with Gasteiger partial charge in [0.2, 0.25) is 0 Å². The predicted octanol–water partition coefficient (Wildman–Crippen LogP) is 3.36. The fourth-order valence-electron chi connectivity index (χ4n) is 1.63. The highest BCUT2D eigenvalue weighted by molar-refractivity contribution is 9.10. The molecular weight excluding hydrogens is 417 g/mol. The van der Waals surface area contributed by atoms with Crippen LogP contribution in [-0.2, 0) is 16.2 Å². The predicted molar refractivity (Wildman–Crippen MR) is 81.1 cm³/mol. The lowest BCUT2D eigenvalue weighted by molar-refractivity contribution is -0.137. The van der Waals surface area contributed by atoms with E-state index >= 15 is 0 Å². The molecule has 1 aromatic heterocycles. The number of anilines is 1. The number of pyridine rings is 1. The maximum Gasteiger partial charge on any atom is 0.417 e. The highest BCUT2D eigenvalue weighted by Gasteiger charge is 2.32. The number of nitrogens with zero attached hydrogens (tertiary/aromatic N) is 1. The molecule has 2 N–H and O–H groups in total. The van der Waals surface area contributed by atoms with Gasteiger partial charge in [-0.15, -0.1) is 0 Å². The maximum absolute atomic E-state index is 12.6. The smallest absolute Gasteiger partial charge is 0.417 e. The third kappa shape index (κ3) is 4.03. The molecular formula is C13H8BrF3N2O4S. The zero-order valence-corrected chi connectivity index (χ0v) is 13.9. The highest BCUT2D eigenvalue weighted by atomic mass is 79.9. The number of hydrogen-bond acceptors (Lipinski definition) is 4. The van der Waals surface area contributed by atoms with Crippen LogP contribution in [0, 0.1) is 0 Å². The normalized spacial score (nSPS) is 12.0. The molecule has 0 spiro atoms. The summed E-state index contributed by atoms with van der Waals surface area (Å²) < 4.78 is 63.9. The molecule has 2 aromatic rings. The molecule has 0 radical (unpaired) electrons. The van der Waals surface area contributed by atoms with Gasteiger partial charge < -0.3 is 5.11 Å². The molecule has 1 heterocycles. The fourth-order valence-corrected chi connectivity index (χ4v) is 3.24. The van der Waals surface area contributed by atoms with Crippen molar-refractivity contribution in [2.45, 2.75) is 11.1 Å². The Labute approximate surface area is 142 Å². The maximum atomic E-state index is 12.6. The van der Waals surface area contributed by atoms with E-state index in [1.165, 1.54) is 0 Å². The van der Waals surface area contributed by atoms with Crippen LogP contribution in [0.2, 0.25) is 0 Å². The van der Waals surface area contributed by atoms with Crippen LogP contribution in [0.25, 0.3) is 0 Å². The average Bonchev–Trinajstić information content (AvgIpc) is 2.48. The summed E-state index contributed by atoms with van der Waals surface area (Å²) in [6.45, 7) is 0. The Bertz CT molecular complexity index is 883. The minimum atomic E-state index is -4.61. The lowest BCUT2D eigenvalue weighted by Crippen LogP contribution is -2.15. The van der Waals surface area contributed by atoms with Gasteiger partial charge in [-0.25, -0.2) is 18.2 Å². The van der Waals surface area contributed by atoms with Crippen LogP contribution in [-0.4, -0.2) is 24.5 Å². The first kappa shape index (κ1) is 18.2. The van der Waals surface area contributed by atoms with Crippen LogP contribution < -0.4 is 4.72 Å². The van der Waals surface area contributed by atoms with Crippen molar-refractivity contribution in [2.24, 2.45) is 0 Å². The molecule has 0 amide bonds. The Kier molecular flexibility index (Phi) is 4.85. The molecule has 128 valence electrons. The molecule has 24 heavy (non-hydrogen) atoms. The molecule has 0 saturated heterocycles. The van der Waals surface area contributed by atoms with E-state index in [4.69, 9.17) is 5.11 Å². The molecule has 0 aliphatic heterocycles. The Hall–Kier alpha value is -2.14. The molecule has 0 aliphatic rings.